The second-order valence-corrected chi connectivity index (χ2v) is 7.32. The molecule has 2 heterocycles. The Morgan fingerprint density at radius 1 is 1.03 bits per heavy atom. The lowest BCUT2D eigenvalue weighted by atomic mass is 10.2. The molecule has 1 fully saturated rings. The molecule has 1 aliphatic rings. The highest BCUT2D eigenvalue weighted by Gasteiger charge is 2.16. The van der Waals surface area contributed by atoms with Gasteiger partial charge in [0.25, 0.3) is 0 Å². The van der Waals surface area contributed by atoms with Crippen LogP contribution in [-0.2, 0) is 13.1 Å². The summed E-state index contributed by atoms with van der Waals surface area (Å²) in [6.45, 7) is 9.06. The number of rotatable bonds is 6. The molecule has 0 amide bonds. The molecule has 158 valence electrons. The first-order valence-corrected chi connectivity index (χ1v) is 10.1. The average molecular weight is 508 g/mol. The number of likely N-dealkylation sites (N-methyl/N-ethyl adjacent to an activating group) is 1. The minimum absolute atomic E-state index is 0. The van der Waals surface area contributed by atoms with Crippen molar-refractivity contribution in [2.75, 3.05) is 51.7 Å². The summed E-state index contributed by atoms with van der Waals surface area (Å²) in [4.78, 5) is 16.3. The summed E-state index contributed by atoms with van der Waals surface area (Å²) in [7, 11) is 4.02. The molecule has 0 atom stereocenters. The Labute approximate surface area is 192 Å². The summed E-state index contributed by atoms with van der Waals surface area (Å²) in [6, 6.07) is 14.6. The van der Waals surface area contributed by atoms with E-state index < -0.39 is 0 Å². The third kappa shape index (κ3) is 7.15. The van der Waals surface area contributed by atoms with Crippen LogP contribution in [0.1, 0.15) is 18.1 Å². The van der Waals surface area contributed by atoms with Gasteiger partial charge in [0, 0.05) is 53.0 Å². The lowest BCUT2D eigenvalue weighted by Crippen LogP contribution is -2.46. The first-order valence-electron chi connectivity index (χ1n) is 10.1. The average Bonchev–Trinajstić information content (AvgIpc) is 2.75. The Morgan fingerprint density at radius 3 is 2.34 bits per heavy atom. The molecule has 0 unspecified atom stereocenters. The van der Waals surface area contributed by atoms with Gasteiger partial charge in [-0.2, -0.15) is 0 Å². The molecule has 1 aromatic heterocycles. The molecule has 29 heavy (non-hydrogen) atoms. The van der Waals surface area contributed by atoms with E-state index in [2.05, 4.69) is 63.4 Å². The van der Waals surface area contributed by atoms with Crippen molar-refractivity contribution in [2.24, 2.45) is 4.99 Å². The van der Waals surface area contributed by atoms with Gasteiger partial charge in [-0.25, -0.2) is 9.98 Å². The van der Waals surface area contributed by atoms with Crippen molar-refractivity contribution >= 4 is 35.8 Å². The number of pyridine rings is 1. The van der Waals surface area contributed by atoms with E-state index in [-0.39, 0.29) is 24.0 Å². The van der Waals surface area contributed by atoms with E-state index in [0.717, 1.165) is 56.6 Å². The molecular formula is C22H33IN6. The van der Waals surface area contributed by atoms with Gasteiger partial charge in [-0.3, -0.25) is 0 Å². The Kier molecular flexibility index (Phi) is 9.66. The Morgan fingerprint density at radius 2 is 1.76 bits per heavy atom. The number of piperazine rings is 1. The molecule has 1 aliphatic heterocycles. The highest BCUT2D eigenvalue weighted by atomic mass is 127. The second-order valence-electron chi connectivity index (χ2n) is 7.32. The molecule has 0 bridgehead atoms. The first kappa shape index (κ1) is 23.4. The number of nitrogens with zero attached hydrogens (tertiary/aromatic N) is 5. The highest BCUT2D eigenvalue weighted by molar-refractivity contribution is 14.0. The van der Waals surface area contributed by atoms with Crippen LogP contribution in [0.5, 0.6) is 0 Å². The Bertz CT molecular complexity index is 740. The van der Waals surface area contributed by atoms with Crippen LogP contribution in [0, 0.1) is 0 Å². The number of benzene rings is 1. The number of aliphatic imine (C=N–C) groups is 1. The topological polar surface area (TPSA) is 47.0 Å². The molecule has 2 aromatic rings. The fraction of sp³-hybridized carbons (Fsp3) is 0.455. The minimum Gasteiger partial charge on any atom is -0.354 e. The van der Waals surface area contributed by atoms with Crippen molar-refractivity contribution in [1.29, 1.82) is 0 Å². The summed E-state index contributed by atoms with van der Waals surface area (Å²) >= 11 is 0. The van der Waals surface area contributed by atoms with Gasteiger partial charge >= 0.3 is 0 Å². The summed E-state index contributed by atoms with van der Waals surface area (Å²) in [6.07, 6.45) is 1.95. The molecule has 1 saturated heterocycles. The zero-order valence-electron chi connectivity index (χ0n) is 17.7. The van der Waals surface area contributed by atoms with Crippen LogP contribution < -0.4 is 10.2 Å². The molecule has 0 radical (unpaired) electrons. The number of halogens is 1. The predicted molar refractivity (Wildman–Crippen MR) is 132 cm³/mol. The van der Waals surface area contributed by atoms with Gasteiger partial charge in [0.1, 0.15) is 5.82 Å². The van der Waals surface area contributed by atoms with Crippen LogP contribution in [0.3, 0.4) is 0 Å². The van der Waals surface area contributed by atoms with E-state index >= 15 is 0 Å². The number of anilines is 1. The maximum absolute atomic E-state index is 4.74. The monoisotopic (exact) mass is 508 g/mol. The molecule has 3 rings (SSSR count). The quantitative estimate of drug-likeness (QED) is 0.370. The van der Waals surface area contributed by atoms with Gasteiger partial charge < -0.3 is 20.0 Å². The van der Waals surface area contributed by atoms with Crippen LogP contribution in [0.4, 0.5) is 5.82 Å². The largest absolute Gasteiger partial charge is 0.354 e. The number of guanidine groups is 1. The SMILES string of the molecule is CCN1CCN(c2ccc(CN=C(NCc3ccccc3)N(C)C)cn2)CC1.I. The van der Waals surface area contributed by atoms with Crippen LogP contribution in [0.25, 0.3) is 0 Å². The maximum Gasteiger partial charge on any atom is 0.194 e. The van der Waals surface area contributed by atoms with Gasteiger partial charge in [-0.1, -0.05) is 43.3 Å². The molecule has 1 N–H and O–H groups in total. The summed E-state index contributed by atoms with van der Waals surface area (Å²) in [5.41, 5.74) is 2.36. The van der Waals surface area contributed by atoms with E-state index in [1.54, 1.807) is 0 Å². The second kappa shape index (κ2) is 12.0. The summed E-state index contributed by atoms with van der Waals surface area (Å²) in [5, 5.41) is 3.42. The third-order valence-corrected chi connectivity index (χ3v) is 5.08. The summed E-state index contributed by atoms with van der Waals surface area (Å²) < 4.78 is 0. The number of nitrogens with one attached hydrogen (secondary N) is 1. The number of hydrogen-bond donors (Lipinski definition) is 1. The van der Waals surface area contributed by atoms with Crippen LogP contribution in [-0.4, -0.2) is 67.6 Å². The smallest absolute Gasteiger partial charge is 0.194 e. The third-order valence-electron chi connectivity index (χ3n) is 5.08. The molecule has 0 aliphatic carbocycles. The lowest BCUT2D eigenvalue weighted by Gasteiger charge is -2.34. The normalized spacial score (nSPS) is 15.0. The van der Waals surface area contributed by atoms with Crippen LogP contribution in [0.15, 0.2) is 53.7 Å². The molecular weight excluding hydrogens is 475 g/mol. The number of hydrogen-bond acceptors (Lipinski definition) is 4. The zero-order valence-corrected chi connectivity index (χ0v) is 20.0. The van der Waals surface area contributed by atoms with Crippen molar-refractivity contribution in [3.8, 4) is 0 Å². The fourth-order valence-electron chi connectivity index (χ4n) is 3.29. The van der Waals surface area contributed by atoms with Gasteiger partial charge in [0.2, 0.25) is 0 Å². The van der Waals surface area contributed by atoms with Gasteiger partial charge in [-0.15, -0.1) is 24.0 Å². The van der Waals surface area contributed by atoms with Crippen molar-refractivity contribution in [2.45, 2.75) is 20.0 Å². The van der Waals surface area contributed by atoms with Crippen LogP contribution in [0.2, 0.25) is 0 Å². The van der Waals surface area contributed by atoms with E-state index in [9.17, 15) is 0 Å². The number of aromatic nitrogens is 1. The standard InChI is InChI=1S/C22H32N6.HI/c1-4-27-12-14-28(15-13-27)21-11-10-20(17-23-21)18-25-22(26(2)3)24-16-19-8-6-5-7-9-19;/h5-11,17H,4,12-16,18H2,1-3H3,(H,24,25);1H. The Hall–Kier alpha value is -1.87. The van der Waals surface area contributed by atoms with Gasteiger partial charge in [-0.05, 0) is 23.7 Å². The van der Waals surface area contributed by atoms with Crippen molar-refractivity contribution in [3.05, 3.63) is 59.8 Å². The zero-order chi connectivity index (χ0) is 19.8. The van der Waals surface area contributed by atoms with E-state index in [1.807, 2.05) is 31.3 Å². The van der Waals surface area contributed by atoms with Gasteiger partial charge in [0.15, 0.2) is 5.96 Å². The lowest BCUT2D eigenvalue weighted by molar-refractivity contribution is 0.270. The fourth-order valence-corrected chi connectivity index (χ4v) is 3.29. The molecule has 6 nitrogen and oxygen atoms in total. The first-order chi connectivity index (χ1) is 13.7. The van der Waals surface area contributed by atoms with Crippen LogP contribution >= 0.6 is 24.0 Å². The van der Waals surface area contributed by atoms with E-state index in [4.69, 9.17) is 4.99 Å². The summed E-state index contributed by atoms with van der Waals surface area (Å²) in [5.74, 6) is 1.95. The van der Waals surface area contributed by atoms with Crippen molar-refractivity contribution in [1.82, 2.24) is 20.1 Å². The maximum atomic E-state index is 4.74. The molecule has 7 heteroatoms. The molecule has 0 saturated carbocycles. The predicted octanol–water partition coefficient (Wildman–Crippen LogP) is 3.05. The Balaban J connectivity index is 0.00000300. The minimum atomic E-state index is 0. The molecule has 1 aromatic carbocycles. The van der Waals surface area contributed by atoms with Crippen molar-refractivity contribution in [3.63, 3.8) is 0 Å². The highest BCUT2D eigenvalue weighted by Crippen LogP contribution is 2.14. The molecule has 0 spiro atoms. The van der Waals surface area contributed by atoms with Gasteiger partial charge in [0.05, 0.1) is 6.54 Å². The van der Waals surface area contributed by atoms with E-state index in [1.165, 1.54) is 5.56 Å². The van der Waals surface area contributed by atoms with Crippen molar-refractivity contribution < 1.29 is 0 Å². The van der Waals surface area contributed by atoms with E-state index in [0.29, 0.717) is 6.54 Å².